The fourth-order valence-electron chi connectivity index (χ4n) is 4.57. The summed E-state index contributed by atoms with van der Waals surface area (Å²) in [5, 5.41) is 12.5. The summed E-state index contributed by atoms with van der Waals surface area (Å²) in [6.07, 6.45) is 4.91. The van der Waals surface area contributed by atoms with Crippen molar-refractivity contribution in [2.75, 3.05) is 13.1 Å². The third-order valence-corrected chi connectivity index (χ3v) is 5.94. The lowest BCUT2D eigenvalue weighted by atomic mass is 9.76. The van der Waals surface area contributed by atoms with Crippen molar-refractivity contribution >= 4 is 0 Å². The van der Waals surface area contributed by atoms with E-state index in [1.807, 2.05) is 42.5 Å². The van der Waals surface area contributed by atoms with Crippen LogP contribution >= 0.6 is 0 Å². The molecule has 1 fully saturated rings. The zero-order chi connectivity index (χ0) is 19.2. The van der Waals surface area contributed by atoms with E-state index < -0.39 is 5.60 Å². The van der Waals surface area contributed by atoms with Crippen LogP contribution in [0.5, 0.6) is 0 Å². The van der Waals surface area contributed by atoms with Gasteiger partial charge >= 0.3 is 0 Å². The average molecular weight is 372 g/mol. The van der Waals surface area contributed by atoms with Gasteiger partial charge in [-0.05, 0) is 42.6 Å². The summed E-state index contributed by atoms with van der Waals surface area (Å²) >= 11 is 0. The molecule has 0 radical (unpaired) electrons. The molecule has 3 aromatic carbocycles. The summed E-state index contributed by atoms with van der Waals surface area (Å²) < 4.78 is 0. The van der Waals surface area contributed by atoms with Crippen LogP contribution < -0.4 is 0 Å². The van der Waals surface area contributed by atoms with Gasteiger partial charge in [-0.3, -0.25) is 4.90 Å². The van der Waals surface area contributed by atoms with Gasteiger partial charge < -0.3 is 5.11 Å². The highest BCUT2D eigenvalue weighted by Crippen LogP contribution is 2.45. The Bertz CT molecular complexity index is 800. The fraction of sp³-hybridized carbons (Fsp3) is 0.308. The first-order chi connectivity index (χ1) is 13.8. The zero-order valence-corrected chi connectivity index (χ0v) is 16.4. The molecule has 1 atom stereocenters. The molecule has 1 aliphatic heterocycles. The van der Waals surface area contributed by atoms with Gasteiger partial charge in [0.05, 0.1) is 6.04 Å². The van der Waals surface area contributed by atoms with E-state index in [0.717, 1.165) is 24.2 Å². The van der Waals surface area contributed by atoms with Crippen LogP contribution in [-0.2, 0) is 5.60 Å². The van der Waals surface area contributed by atoms with Crippen molar-refractivity contribution in [2.24, 2.45) is 0 Å². The molecule has 1 saturated heterocycles. The first-order valence-electron chi connectivity index (χ1n) is 10.4. The van der Waals surface area contributed by atoms with Gasteiger partial charge in [-0.1, -0.05) is 104 Å². The molecule has 2 heteroatoms. The standard InChI is InChI=1S/C26H29NO/c28-26(23-16-8-4-9-17-23,24-18-10-5-11-19-24)25(22-14-6-3-7-15-22)27-20-12-1-2-13-21-27/h3-11,14-19,25,28H,1-2,12-13,20-21H2/t25-/m0/s1. The van der Waals surface area contributed by atoms with Crippen LogP contribution in [0.1, 0.15) is 48.4 Å². The Morgan fingerprint density at radius 1 is 0.607 bits per heavy atom. The Balaban J connectivity index is 1.91. The van der Waals surface area contributed by atoms with Gasteiger partial charge in [-0.15, -0.1) is 0 Å². The Morgan fingerprint density at radius 3 is 1.50 bits per heavy atom. The highest BCUT2D eigenvalue weighted by molar-refractivity contribution is 5.41. The third kappa shape index (κ3) is 3.76. The van der Waals surface area contributed by atoms with Crippen molar-refractivity contribution in [3.8, 4) is 0 Å². The number of likely N-dealkylation sites (tertiary alicyclic amines) is 1. The number of hydrogen-bond acceptors (Lipinski definition) is 2. The SMILES string of the molecule is OC(c1ccccc1)(c1ccccc1)[C@H](c1ccccc1)N1CCCCCC1. The average Bonchev–Trinajstić information content (AvgIpc) is 3.05. The lowest BCUT2D eigenvalue weighted by molar-refractivity contribution is -0.0224. The van der Waals surface area contributed by atoms with Crippen molar-refractivity contribution in [3.05, 3.63) is 108 Å². The van der Waals surface area contributed by atoms with Crippen LogP contribution in [0.25, 0.3) is 0 Å². The lowest BCUT2D eigenvalue weighted by Gasteiger charge is -2.44. The van der Waals surface area contributed by atoms with Gasteiger partial charge in [-0.25, -0.2) is 0 Å². The molecule has 0 spiro atoms. The van der Waals surface area contributed by atoms with E-state index >= 15 is 0 Å². The molecule has 28 heavy (non-hydrogen) atoms. The molecular weight excluding hydrogens is 342 g/mol. The Morgan fingerprint density at radius 2 is 1.04 bits per heavy atom. The minimum atomic E-state index is -1.12. The molecule has 0 amide bonds. The molecule has 0 bridgehead atoms. The lowest BCUT2D eigenvalue weighted by Crippen LogP contribution is -2.45. The first-order valence-corrected chi connectivity index (χ1v) is 10.4. The predicted octanol–water partition coefficient (Wildman–Crippen LogP) is 5.54. The van der Waals surface area contributed by atoms with Crippen LogP contribution in [0.3, 0.4) is 0 Å². The van der Waals surface area contributed by atoms with Crippen molar-refractivity contribution in [1.29, 1.82) is 0 Å². The van der Waals surface area contributed by atoms with Crippen molar-refractivity contribution in [1.82, 2.24) is 4.90 Å². The summed E-state index contributed by atoms with van der Waals surface area (Å²) in [4.78, 5) is 2.50. The molecule has 1 N–H and O–H groups in total. The molecule has 1 heterocycles. The number of aliphatic hydroxyl groups is 1. The fourth-order valence-corrected chi connectivity index (χ4v) is 4.57. The van der Waals surface area contributed by atoms with Crippen LogP contribution in [0.15, 0.2) is 91.0 Å². The van der Waals surface area contributed by atoms with E-state index in [-0.39, 0.29) is 6.04 Å². The second-order valence-corrected chi connectivity index (χ2v) is 7.76. The minimum Gasteiger partial charge on any atom is -0.378 e. The Kier molecular flexibility index (Phi) is 5.90. The van der Waals surface area contributed by atoms with Gasteiger partial charge in [-0.2, -0.15) is 0 Å². The second-order valence-electron chi connectivity index (χ2n) is 7.76. The van der Waals surface area contributed by atoms with E-state index in [2.05, 4.69) is 53.4 Å². The third-order valence-electron chi connectivity index (χ3n) is 5.94. The van der Waals surface area contributed by atoms with Crippen molar-refractivity contribution in [3.63, 3.8) is 0 Å². The second kappa shape index (κ2) is 8.72. The van der Waals surface area contributed by atoms with Crippen LogP contribution in [0, 0.1) is 0 Å². The van der Waals surface area contributed by atoms with Crippen LogP contribution in [-0.4, -0.2) is 23.1 Å². The maximum atomic E-state index is 12.5. The monoisotopic (exact) mass is 371 g/mol. The largest absolute Gasteiger partial charge is 0.378 e. The Hall–Kier alpha value is -2.42. The maximum absolute atomic E-state index is 12.5. The first kappa shape index (κ1) is 18.9. The van der Waals surface area contributed by atoms with E-state index in [9.17, 15) is 5.11 Å². The predicted molar refractivity (Wildman–Crippen MR) is 115 cm³/mol. The summed E-state index contributed by atoms with van der Waals surface area (Å²) in [5.74, 6) is 0. The summed E-state index contributed by atoms with van der Waals surface area (Å²) in [6.45, 7) is 2.03. The molecule has 2 nitrogen and oxygen atoms in total. The van der Waals surface area contributed by atoms with Crippen molar-refractivity contribution in [2.45, 2.75) is 37.3 Å². The van der Waals surface area contributed by atoms with E-state index in [0.29, 0.717) is 0 Å². The number of nitrogens with zero attached hydrogens (tertiary/aromatic N) is 1. The van der Waals surface area contributed by atoms with Gasteiger partial charge in [0.25, 0.3) is 0 Å². The molecule has 144 valence electrons. The summed E-state index contributed by atoms with van der Waals surface area (Å²) in [6, 6.07) is 30.7. The molecule has 1 aliphatic rings. The summed E-state index contributed by atoms with van der Waals surface area (Å²) in [5.41, 5.74) is 1.94. The highest BCUT2D eigenvalue weighted by atomic mass is 16.3. The maximum Gasteiger partial charge on any atom is 0.134 e. The van der Waals surface area contributed by atoms with E-state index in [4.69, 9.17) is 0 Å². The van der Waals surface area contributed by atoms with Gasteiger partial charge in [0.2, 0.25) is 0 Å². The van der Waals surface area contributed by atoms with Crippen LogP contribution in [0.4, 0.5) is 0 Å². The number of rotatable bonds is 5. The zero-order valence-electron chi connectivity index (χ0n) is 16.4. The summed E-state index contributed by atoms with van der Waals surface area (Å²) in [7, 11) is 0. The van der Waals surface area contributed by atoms with Gasteiger partial charge in [0.15, 0.2) is 0 Å². The molecule has 0 aliphatic carbocycles. The molecule has 0 unspecified atom stereocenters. The van der Waals surface area contributed by atoms with Gasteiger partial charge in [0, 0.05) is 0 Å². The molecule has 0 saturated carbocycles. The molecule has 4 rings (SSSR count). The van der Waals surface area contributed by atoms with E-state index in [1.54, 1.807) is 0 Å². The normalized spacial score (nSPS) is 17.0. The quantitative estimate of drug-likeness (QED) is 0.636. The topological polar surface area (TPSA) is 23.5 Å². The molecular formula is C26H29NO. The van der Waals surface area contributed by atoms with Crippen molar-refractivity contribution < 1.29 is 5.11 Å². The smallest absolute Gasteiger partial charge is 0.134 e. The Labute approximate surface area is 168 Å². The number of hydrogen-bond donors (Lipinski definition) is 1. The van der Waals surface area contributed by atoms with E-state index in [1.165, 1.54) is 31.2 Å². The minimum absolute atomic E-state index is 0.128. The number of benzene rings is 3. The van der Waals surface area contributed by atoms with Gasteiger partial charge in [0.1, 0.15) is 5.60 Å². The highest BCUT2D eigenvalue weighted by Gasteiger charge is 2.44. The van der Waals surface area contributed by atoms with Crippen LogP contribution in [0.2, 0.25) is 0 Å². The molecule has 3 aromatic rings. The molecule has 0 aromatic heterocycles.